The number of aromatic nitrogens is 1. The van der Waals surface area contributed by atoms with Crippen LogP contribution in [-0.4, -0.2) is 16.9 Å². The largest absolute Gasteiger partial charge is 0.463 e. The van der Waals surface area contributed by atoms with Gasteiger partial charge in [-0.3, -0.25) is 4.99 Å². The molecule has 3 rings (SSSR count). The summed E-state index contributed by atoms with van der Waals surface area (Å²) in [7, 11) is 0. The van der Waals surface area contributed by atoms with E-state index in [1.54, 1.807) is 17.6 Å². The second-order valence-corrected chi connectivity index (χ2v) is 7.29. The Bertz CT molecular complexity index is 701. The molecule has 0 aliphatic heterocycles. The highest BCUT2D eigenvalue weighted by Crippen LogP contribution is 2.23. The first-order valence-corrected chi connectivity index (χ1v) is 10.0. The smallest absolute Gasteiger partial charge is 0.206 e. The van der Waals surface area contributed by atoms with Crippen LogP contribution in [0, 0.1) is 5.92 Å². The molecule has 0 radical (unpaired) electrons. The molecule has 0 unspecified atom stereocenters. The lowest BCUT2D eigenvalue weighted by Crippen LogP contribution is -2.19. The number of hydrogen-bond donors (Lipinski definition) is 0. The quantitative estimate of drug-likeness (QED) is 0.654. The van der Waals surface area contributed by atoms with E-state index in [1.165, 1.54) is 32.1 Å². The standard InChI is InChI=1S/C19H27N3OS/c1-3-15(4-2)13-20-22-17(18-11-8-12-23-18)14-24-19(22)21-16-9-6-5-7-10-16/h8,11-16H,3-7,9-10H2,1-2H3. The van der Waals surface area contributed by atoms with Gasteiger partial charge in [-0.15, -0.1) is 11.3 Å². The molecule has 1 fully saturated rings. The fourth-order valence-electron chi connectivity index (χ4n) is 3.12. The summed E-state index contributed by atoms with van der Waals surface area (Å²) in [5.74, 6) is 1.35. The summed E-state index contributed by atoms with van der Waals surface area (Å²) in [5, 5.41) is 6.88. The number of nitrogens with zero attached hydrogens (tertiary/aromatic N) is 3. The average Bonchev–Trinajstić information content (AvgIpc) is 3.27. The van der Waals surface area contributed by atoms with Crippen molar-refractivity contribution in [3.63, 3.8) is 0 Å². The molecule has 0 amide bonds. The molecule has 0 bridgehead atoms. The molecule has 2 aromatic rings. The monoisotopic (exact) mass is 345 g/mol. The van der Waals surface area contributed by atoms with Crippen molar-refractivity contribution < 1.29 is 4.42 Å². The highest BCUT2D eigenvalue weighted by Gasteiger charge is 2.15. The maximum absolute atomic E-state index is 5.59. The van der Waals surface area contributed by atoms with Gasteiger partial charge in [0.15, 0.2) is 5.76 Å². The second-order valence-electron chi connectivity index (χ2n) is 6.45. The van der Waals surface area contributed by atoms with Gasteiger partial charge >= 0.3 is 0 Å². The zero-order valence-corrected chi connectivity index (χ0v) is 15.5. The molecule has 0 saturated heterocycles. The molecular formula is C19H27N3OS. The highest BCUT2D eigenvalue weighted by atomic mass is 32.1. The van der Waals surface area contributed by atoms with Crippen molar-refractivity contribution in [1.29, 1.82) is 0 Å². The molecule has 0 aromatic carbocycles. The van der Waals surface area contributed by atoms with E-state index >= 15 is 0 Å². The van der Waals surface area contributed by atoms with Crippen LogP contribution in [0.5, 0.6) is 0 Å². The Morgan fingerprint density at radius 3 is 2.75 bits per heavy atom. The lowest BCUT2D eigenvalue weighted by molar-refractivity contribution is 0.435. The van der Waals surface area contributed by atoms with Crippen molar-refractivity contribution in [3.05, 3.63) is 28.6 Å². The number of rotatable bonds is 6. The Balaban J connectivity index is 1.97. The van der Waals surface area contributed by atoms with E-state index in [0.29, 0.717) is 12.0 Å². The zero-order chi connectivity index (χ0) is 16.8. The lowest BCUT2D eigenvalue weighted by Gasteiger charge is -2.16. The number of thiazole rings is 1. The minimum absolute atomic E-state index is 0.441. The van der Waals surface area contributed by atoms with E-state index in [1.807, 2.05) is 16.8 Å². The van der Waals surface area contributed by atoms with Gasteiger partial charge in [0.1, 0.15) is 5.69 Å². The van der Waals surface area contributed by atoms with Gasteiger partial charge in [0, 0.05) is 11.6 Å². The average molecular weight is 346 g/mol. The van der Waals surface area contributed by atoms with Crippen LogP contribution in [0.3, 0.4) is 0 Å². The molecule has 5 heteroatoms. The van der Waals surface area contributed by atoms with Crippen LogP contribution in [0.15, 0.2) is 38.3 Å². The first-order valence-electron chi connectivity index (χ1n) is 9.14. The highest BCUT2D eigenvalue weighted by molar-refractivity contribution is 7.07. The van der Waals surface area contributed by atoms with Gasteiger partial charge in [0.05, 0.1) is 12.3 Å². The Kier molecular flexibility index (Phi) is 6.07. The predicted octanol–water partition coefficient (Wildman–Crippen LogP) is 5.31. The van der Waals surface area contributed by atoms with E-state index < -0.39 is 0 Å². The zero-order valence-electron chi connectivity index (χ0n) is 14.6. The Morgan fingerprint density at radius 2 is 2.08 bits per heavy atom. The van der Waals surface area contributed by atoms with Crippen LogP contribution < -0.4 is 4.80 Å². The number of furan rings is 1. The Hall–Kier alpha value is -1.62. The van der Waals surface area contributed by atoms with E-state index in [2.05, 4.69) is 25.4 Å². The second kappa shape index (κ2) is 8.47. The molecule has 0 N–H and O–H groups in total. The van der Waals surface area contributed by atoms with Gasteiger partial charge in [0.2, 0.25) is 4.80 Å². The van der Waals surface area contributed by atoms with Crippen LogP contribution in [0.25, 0.3) is 11.5 Å². The maximum atomic E-state index is 5.59. The maximum Gasteiger partial charge on any atom is 0.206 e. The summed E-state index contributed by atoms with van der Waals surface area (Å²) in [4.78, 5) is 5.99. The fourth-order valence-corrected chi connectivity index (χ4v) is 4.01. The lowest BCUT2D eigenvalue weighted by atomic mass is 9.96. The summed E-state index contributed by atoms with van der Waals surface area (Å²) < 4.78 is 7.56. The van der Waals surface area contributed by atoms with Gasteiger partial charge < -0.3 is 4.42 Å². The van der Waals surface area contributed by atoms with Crippen molar-refractivity contribution in [2.75, 3.05) is 0 Å². The van der Waals surface area contributed by atoms with Crippen molar-refractivity contribution >= 4 is 17.6 Å². The molecule has 4 nitrogen and oxygen atoms in total. The summed E-state index contributed by atoms with van der Waals surface area (Å²) in [5.41, 5.74) is 0.988. The van der Waals surface area contributed by atoms with Crippen LogP contribution in [0.1, 0.15) is 58.8 Å². The summed E-state index contributed by atoms with van der Waals surface area (Å²) in [6.45, 7) is 4.42. The molecule has 0 spiro atoms. The molecule has 0 atom stereocenters. The van der Waals surface area contributed by atoms with E-state index in [9.17, 15) is 0 Å². The molecule has 2 heterocycles. The predicted molar refractivity (Wildman–Crippen MR) is 100 cm³/mol. The van der Waals surface area contributed by atoms with Gasteiger partial charge in [0.25, 0.3) is 0 Å². The van der Waals surface area contributed by atoms with Crippen LogP contribution in [-0.2, 0) is 0 Å². The van der Waals surface area contributed by atoms with E-state index in [-0.39, 0.29) is 0 Å². The summed E-state index contributed by atoms with van der Waals surface area (Å²) >= 11 is 1.66. The molecule has 2 aromatic heterocycles. The third-order valence-corrected chi connectivity index (χ3v) is 5.60. The third kappa shape index (κ3) is 4.07. The van der Waals surface area contributed by atoms with Crippen molar-refractivity contribution in [1.82, 2.24) is 4.68 Å². The van der Waals surface area contributed by atoms with Crippen LogP contribution >= 0.6 is 11.3 Å². The normalized spacial score (nSPS) is 17.4. The van der Waals surface area contributed by atoms with Crippen molar-refractivity contribution in [2.24, 2.45) is 16.0 Å². The molecule has 1 saturated carbocycles. The first-order chi connectivity index (χ1) is 11.8. The van der Waals surface area contributed by atoms with Crippen molar-refractivity contribution in [3.8, 4) is 11.5 Å². The minimum atomic E-state index is 0.441. The number of hydrogen-bond acceptors (Lipinski definition) is 4. The fraction of sp³-hybridized carbons (Fsp3) is 0.579. The molecular weight excluding hydrogens is 318 g/mol. The van der Waals surface area contributed by atoms with Gasteiger partial charge in [-0.2, -0.15) is 5.10 Å². The van der Waals surface area contributed by atoms with Gasteiger partial charge in [-0.05, 0) is 43.7 Å². The summed E-state index contributed by atoms with van der Waals surface area (Å²) in [6, 6.07) is 4.34. The van der Waals surface area contributed by atoms with Crippen LogP contribution in [0.2, 0.25) is 0 Å². The topological polar surface area (TPSA) is 42.8 Å². The molecule has 24 heavy (non-hydrogen) atoms. The van der Waals surface area contributed by atoms with Crippen LogP contribution in [0.4, 0.5) is 0 Å². The molecule has 1 aliphatic carbocycles. The Morgan fingerprint density at radius 1 is 1.29 bits per heavy atom. The van der Waals surface area contributed by atoms with Gasteiger partial charge in [-0.1, -0.05) is 33.1 Å². The van der Waals surface area contributed by atoms with E-state index in [4.69, 9.17) is 14.5 Å². The molecule has 1 aliphatic rings. The van der Waals surface area contributed by atoms with E-state index in [0.717, 1.165) is 29.1 Å². The minimum Gasteiger partial charge on any atom is -0.463 e. The third-order valence-electron chi connectivity index (χ3n) is 4.77. The van der Waals surface area contributed by atoms with Gasteiger partial charge in [-0.25, -0.2) is 4.68 Å². The molecule has 130 valence electrons. The van der Waals surface area contributed by atoms with Crippen molar-refractivity contribution in [2.45, 2.75) is 64.8 Å². The SMILES string of the molecule is CCC(C=Nn1c(-c2ccco2)csc1=NC1CCCCC1)CC. The Labute approximate surface area is 147 Å². The summed E-state index contributed by atoms with van der Waals surface area (Å²) in [6.07, 6.45) is 12.3. The first kappa shape index (κ1) is 17.2.